The van der Waals surface area contributed by atoms with E-state index in [1.807, 2.05) is 5.10 Å². The Morgan fingerprint density at radius 3 is 2.36 bits per heavy atom. The van der Waals surface area contributed by atoms with Gasteiger partial charge in [-0.25, -0.2) is 13.8 Å². The number of guanidine groups is 1. The summed E-state index contributed by atoms with van der Waals surface area (Å²) in [6.45, 7) is 5.13. The number of carbonyl (C=O) groups excluding carboxylic acids is 1. The number of hydrogen-bond donors (Lipinski definition) is 3. The standard InChI is InChI=1S/C17H18F5N5O/c1-16(2,3)25-15(23-13-8-12(26-27-13)17(20,21)22)24-14(28)7-9-4-5-10(18)11(19)6-9/h4-6,8H,7H2,1-3H3,(H3,23,24,25,26,27,28). The number of hydrogen-bond acceptors (Lipinski definition) is 3. The van der Waals surface area contributed by atoms with Crippen LogP contribution in [0, 0.1) is 11.6 Å². The van der Waals surface area contributed by atoms with E-state index in [1.165, 1.54) is 6.07 Å². The Kier molecular flexibility index (Phi) is 6.05. The summed E-state index contributed by atoms with van der Waals surface area (Å²) < 4.78 is 64.2. The Balaban J connectivity index is 2.14. The third-order valence-corrected chi connectivity index (χ3v) is 3.18. The van der Waals surface area contributed by atoms with Gasteiger partial charge in [-0.1, -0.05) is 6.07 Å². The topological polar surface area (TPSA) is 82.2 Å². The molecular weight excluding hydrogens is 385 g/mol. The first-order valence-electron chi connectivity index (χ1n) is 8.07. The van der Waals surface area contributed by atoms with Crippen molar-refractivity contribution in [1.82, 2.24) is 15.5 Å². The molecule has 1 amide bonds. The van der Waals surface area contributed by atoms with E-state index in [0.29, 0.717) is 0 Å². The monoisotopic (exact) mass is 403 g/mol. The molecule has 0 unspecified atom stereocenters. The minimum Gasteiger partial charge on any atom is -0.309 e. The number of aromatic amines is 1. The summed E-state index contributed by atoms with van der Waals surface area (Å²) in [5.41, 5.74) is -1.54. The van der Waals surface area contributed by atoms with Crippen LogP contribution in [0.2, 0.25) is 0 Å². The van der Waals surface area contributed by atoms with Gasteiger partial charge in [-0.05, 0) is 38.5 Å². The molecule has 1 aromatic carbocycles. The number of aromatic nitrogens is 2. The average molecular weight is 403 g/mol. The van der Waals surface area contributed by atoms with Gasteiger partial charge in [-0.15, -0.1) is 0 Å². The predicted molar refractivity (Wildman–Crippen MR) is 92.6 cm³/mol. The number of nitrogens with zero attached hydrogens (tertiary/aromatic N) is 2. The second kappa shape index (κ2) is 7.95. The highest BCUT2D eigenvalue weighted by atomic mass is 19.4. The molecule has 0 saturated carbocycles. The van der Waals surface area contributed by atoms with Crippen molar-refractivity contribution in [2.24, 2.45) is 4.99 Å². The molecule has 28 heavy (non-hydrogen) atoms. The fraction of sp³-hybridized carbons (Fsp3) is 0.353. The molecule has 0 aliphatic rings. The molecule has 0 bridgehead atoms. The lowest BCUT2D eigenvalue weighted by Gasteiger charge is -2.17. The number of aliphatic imine (C=N–C) groups is 1. The van der Waals surface area contributed by atoms with Crippen LogP contribution in [0.15, 0.2) is 29.3 Å². The molecule has 152 valence electrons. The highest BCUT2D eigenvalue weighted by Gasteiger charge is 2.33. The van der Waals surface area contributed by atoms with Crippen molar-refractivity contribution < 1.29 is 26.7 Å². The zero-order chi connectivity index (χ0) is 21.1. The molecule has 0 fully saturated rings. The lowest BCUT2D eigenvalue weighted by Crippen LogP contribution is -2.39. The van der Waals surface area contributed by atoms with Gasteiger partial charge < -0.3 is 5.32 Å². The molecule has 0 aliphatic carbocycles. The van der Waals surface area contributed by atoms with Crippen LogP contribution in [-0.2, 0) is 17.4 Å². The summed E-state index contributed by atoms with van der Waals surface area (Å²) >= 11 is 0. The van der Waals surface area contributed by atoms with Crippen LogP contribution in [0.5, 0.6) is 0 Å². The van der Waals surface area contributed by atoms with Crippen molar-refractivity contribution in [2.45, 2.75) is 38.9 Å². The molecule has 11 heteroatoms. The maximum atomic E-state index is 13.3. The van der Waals surface area contributed by atoms with Crippen molar-refractivity contribution in [3.05, 3.63) is 47.2 Å². The van der Waals surface area contributed by atoms with Crippen LogP contribution in [-0.4, -0.2) is 27.6 Å². The second-order valence-electron chi connectivity index (χ2n) is 6.89. The fourth-order valence-corrected chi connectivity index (χ4v) is 2.09. The van der Waals surface area contributed by atoms with Gasteiger partial charge in [0.05, 0.1) is 12.0 Å². The third kappa shape index (κ3) is 6.32. The van der Waals surface area contributed by atoms with E-state index in [9.17, 15) is 26.7 Å². The fourth-order valence-electron chi connectivity index (χ4n) is 2.09. The van der Waals surface area contributed by atoms with Crippen molar-refractivity contribution in [1.29, 1.82) is 0 Å². The number of anilines is 1. The number of carbonyl (C=O) groups is 1. The number of benzene rings is 1. The number of halogens is 5. The molecule has 1 heterocycles. The molecule has 0 atom stereocenters. The molecule has 0 aliphatic heterocycles. The zero-order valence-corrected chi connectivity index (χ0v) is 15.2. The third-order valence-electron chi connectivity index (χ3n) is 3.18. The summed E-state index contributed by atoms with van der Waals surface area (Å²) in [7, 11) is 0. The van der Waals surface area contributed by atoms with Gasteiger partial charge >= 0.3 is 6.18 Å². The molecule has 0 spiro atoms. The molecule has 1 aromatic heterocycles. The Morgan fingerprint density at radius 2 is 1.82 bits per heavy atom. The average Bonchev–Trinajstić information content (AvgIpc) is 2.98. The summed E-state index contributed by atoms with van der Waals surface area (Å²) in [4.78, 5) is 16.4. The van der Waals surface area contributed by atoms with Crippen molar-refractivity contribution in [3.8, 4) is 0 Å². The maximum Gasteiger partial charge on any atom is 0.432 e. The molecule has 2 aromatic rings. The van der Waals surface area contributed by atoms with E-state index in [1.54, 1.807) is 20.8 Å². The summed E-state index contributed by atoms with van der Waals surface area (Å²) in [5, 5.41) is 10.2. The quantitative estimate of drug-likeness (QED) is 0.416. The largest absolute Gasteiger partial charge is 0.432 e. The highest BCUT2D eigenvalue weighted by molar-refractivity contribution is 6.04. The Bertz CT molecular complexity index is 883. The van der Waals surface area contributed by atoms with Gasteiger partial charge in [-0.2, -0.15) is 18.3 Å². The van der Waals surface area contributed by atoms with E-state index in [4.69, 9.17) is 0 Å². The molecule has 3 N–H and O–H groups in total. The number of rotatable bonds is 3. The van der Waals surface area contributed by atoms with Gasteiger partial charge in [0.2, 0.25) is 11.9 Å². The van der Waals surface area contributed by atoms with Gasteiger partial charge in [0.25, 0.3) is 0 Å². The van der Waals surface area contributed by atoms with Crippen molar-refractivity contribution in [3.63, 3.8) is 0 Å². The first-order valence-corrected chi connectivity index (χ1v) is 8.07. The minimum absolute atomic E-state index is 0.139. The number of alkyl halides is 3. The van der Waals surface area contributed by atoms with Gasteiger partial charge in [0.1, 0.15) is 5.69 Å². The maximum absolute atomic E-state index is 13.3. The van der Waals surface area contributed by atoms with E-state index in [-0.39, 0.29) is 23.8 Å². The second-order valence-corrected chi connectivity index (χ2v) is 6.89. The first kappa shape index (κ1) is 21.3. The Labute approximate surface area is 157 Å². The van der Waals surface area contributed by atoms with Crippen LogP contribution in [0.25, 0.3) is 0 Å². The number of H-pyrrole nitrogens is 1. The smallest absolute Gasteiger partial charge is 0.309 e. The van der Waals surface area contributed by atoms with Gasteiger partial charge in [0, 0.05) is 6.07 Å². The first-order chi connectivity index (χ1) is 12.8. The summed E-state index contributed by atoms with van der Waals surface area (Å²) in [5.74, 6) is -3.11. The molecule has 0 radical (unpaired) electrons. The Morgan fingerprint density at radius 1 is 1.14 bits per heavy atom. The normalized spacial score (nSPS) is 12.8. The molecule has 0 saturated heterocycles. The van der Waals surface area contributed by atoms with Crippen LogP contribution in [0.3, 0.4) is 0 Å². The highest BCUT2D eigenvalue weighted by Crippen LogP contribution is 2.28. The molecular formula is C17H18F5N5O. The van der Waals surface area contributed by atoms with E-state index in [0.717, 1.165) is 18.2 Å². The van der Waals surface area contributed by atoms with Crippen molar-refractivity contribution in [2.75, 3.05) is 5.32 Å². The van der Waals surface area contributed by atoms with E-state index in [2.05, 4.69) is 20.7 Å². The zero-order valence-electron chi connectivity index (χ0n) is 15.2. The van der Waals surface area contributed by atoms with Gasteiger partial charge in [-0.3, -0.25) is 15.2 Å². The van der Waals surface area contributed by atoms with Crippen LogP contribution >= 0.6 is 0 Å². The van der Waals surface area contributed by atoms with E-state index >= 15 is 0 Å². The predicted octanol–water partition coefficient (Wildman–Crippen LogP) is 3.63. The molecule has 6 nitrogen and oxygen atoms in total. The van der Waals surface area contributed by atoms with Crippen molar-refractivity contribution >= 4 is 17.7 Å². The summed E-state index contributed by atoms with van der Waals surface area (Å²) in [6.07, 6.45) is -4.90. The lowest BCUT2D eigenvalue weighted by molar-refractivity contribution is -0.141. The lowest BCUT2D eigenvalue weighted by atomic mass is 10.1. The van der Waals surface area contributed by atoms with Crippen LogP contribution in [0.1, 0.15) is 32.0 Å². The number of nitrogens with one attached hydrogen (secondary N) is 3. The molecule has 2 rings (SSSR count). The minimum atomic E-state index is -4.61. The Hall–Kier alpha value is -2.98. The SMILES string of the molecule is CC(C)(C)N=C(NC(=O)Cc1ccc(F)c(F)c1)Nc1cc(C(F)(F)F)[nH]n1. The van der Waals surface area contributed by atoms with Crippen LogP contribution in [0.4, 0.5) is 27.8 Å². The number of amides is 1. The van der Waals surface area contributed by atoms with E-state index < -0.39 is 35.0 Å². The summed E-state index contributed by atoms with van der Waals surface area (Å²) in [6, 6.07) is 3.74. The van der Waals surface area contributed by atoms with Gasteiger partial charge in [0.15, 0.2) is 17.5 Å². The van der Waals surface area contributed by atoms with Crippen LogP contribution < -0.4 is 10.6 Å².